The Labute approximate surface area is 105 Å². The van der Waals surface area contributed by atoms with Gasteiger partial charge in [-0.2, -0.15) is 5.10 Å². The van der Waals surface area contributed by atoms with Gasteiger partial charge in [-0.15, -0.1) is 0 Å². The molecule has 1 rings (SSSR count). The second-order valence-electron chi connectivity index (χ2n) is 3.81. The highest BCUT2D eigenvalue weighted by molar-refractivity contribution is 5.82. The highest BCUT2D eigenvalue weighted by Crippen LogP contribution is 1.96. The molecule has 0 amide bonds. The van der Waals surface area contributed by atoms with Gasteiger partial charge in [0.05, 0.1) is 18.7 Å². The fourth-order valence-corrected chi connectivity index (χ4v) is 1.38. The Kier molecular flexibility index (Phi) is 5.23. The number of carbonyl (C=O) groups excluding carboxylic acids is 2. The molecular formula is C12H16N2O4. The van der Waals surface area contributed by atoms with E-state index in [-0.39, 0.29) is 30.7 Å². The number of aromatic nitrogens is 2. The predicted octanol–water partition coefficient (Wildman–Crippen LogP) is 0.464. The SMILES string of the molecule is CCOC(=O)CCC(=O)Cn1nc(C)ccc1=O. The summed E-state index contributed by atoms with van der Waals surface area (Å²) in [6.07, 6.45) is 0.0914. The molecule has 0 bridgehead atoms. The predicted molar refractivity (Wildman–Crippen MR) is 64.1 cm³/mol. The Morgan fingerprint density at radius 3 is 2.72 bits per heavy atom. The van der Waals surface area contributed by atoms with Crippen LogP contribution in [0.25, 0.3) is 0 Å². The molecule has 0 N–H and O–H groups in total. The Bertz CT molecular complexity index is 493. The largest absolute Gasteiger partial charge is 0.466 e. The van der Waals surface area contributed by atoms with Crippen LogP contribution in [0.3, 0.4) is 0 Å². The van der Waals surface area contributed by atoms with E-state index in [2.05, 4.69) is 5.10 Å². The summed E-state index contributed by atoms with van der Waals surface area (Å²) in [5.74, 6) is -0.626. The molecule has 1 heterocycles. The summed E-state index contributed by atoms with van der Waals surface area (Å²) < 4.78 is 5.81. The molecule has 0 fully saturated rings. The van der Waals surface area contributed by atoms with Gasteiger partial charge in [0.15, 0.2) is 5.78 Å². The number of Topliss-reactive ketones (excluding diaryl/α,β-unsaturated/α-hetero) is 1. The third-order valence-electron chi connectivity index (χ3n) is 2.24. The van der Waals surface area contributed by atoms with Crippen LogP contribution in [-0.4, -0.2) is 28.1 Å². The summed E-state index contributed by atoms with van der Waals surface area (Å²) in [5, 5.41) is 3.94. The van der Waals surface area contributed by atoms with Gasteiger partial charge in [0, 0.05) is 12.5 Å². The van der Waals surface area contributed by atoms with E-state index in [1.54, 1.807) is 19.9 Å². The van der Waals surface area contributed by atoms with E-state index in [0.717, 1.165) is 4.68 Å². The normalized spacial score (nSPS) is 10.1. The molecule has 18 heavy (non-hydrogen) atoms. The smallest absolute Gasteiger partial charge is 0.306 e. The Morgan fingerprint density at radius 2 is 2.06 bits per heavy atom. The molecule has 0 aromatic carbocycles. The van der Waals surface area contributed by atoms with Gasteiger partial charge in [-0.3, -0.25) is 14.4 Å². The first-order chi connectivity index (χ1) is 8.52. The second kappa shape index (κ2) is 6.68. The molecule has 0 saturated heterocycles. The zero-order chi connectivity index (χ0) is 13.5. The number of carbonyl (C=O) groups is 2. The topological polar surface area (TPSA) is 78.3 Å². The number of ketones is 1. The van der Waals surface area contributed by atoms with Crippen LogP contribution >= 0.6 is 0 Å². The van der Waals surface area contributed by atoms with Crippen molar-refractivity contribution in [2.45, 2.75) is 33.2 Å². The minimum atomic E-state index is -0.407. The van der Waals surface area contributed by atoms with Gasteiger partial charge >= 0.3 is 5.97 Å². The highest BCUT2D eigenvalue weighted by Gasteiger charge is 2.09. The molecule has 0 unspecified atom stereocenters. The van der Waals surface area contributed by atoms with Crippen molar-refractivity contribution < 1.29 is 14.3 Å². The lowest BCUT2D eigenvalue weighted by molar-refractivity contribution is -0.144. The molecule has 6 heteroatoms. The minimum Gasteiger partial charge on any atom is -0.466 e. The van der Waals surface area contributed by atoms with Gasteiger partial charge < -0.3 is 4.74 Å². The third kappa shape index (κ3) is 4.48. The van der Waals surface area contributed by atoms with Gasteiger partial charge in [-0.25, -0.2) is 4.68 Å². The van der Waals surface area contributed by atoms with Crippen LogP contribution < -0.4 is 5.56 Å². The van der Waals surface area contributed by atoms with E-state index in [4.69, 9.17) is 4.74 Å². The number of nitrogens with zero attached hydrogens (tertiary/aromatic N) is 2. The average molecular weight is 252 g/mol. The van der Waals surface area contributed by atoms with Crippen molar-refractivity contribution in [2.75, 3.05) is 6.61 Å². The second-order valence-corrected chi connectivity index (χ2v) is 3.81. The summed E-state index contributed by atoms with van der Waals surface area (Å²) >= 11 is 0. The van der Waals surface area contributed by atoms with E-state index in [9.17, 15) is 14.4 Å². The third-order valence-corrected chi connectivity index (χ3v) is 2.24. The minimum absolute atomic E-state index is 0.0350. The molecule has 98 valence electrons. The van der Waals surface area contributed by atoms with Gasteiger partial charge in [0.25, 0.3) is 5.56 Å². The Morgan fingerprint density at radius 1 is 1.33 bits per heavy atom. The van der Waals surface area contributed by atoms with Crippen LogP contribution in [0.4, 0.5) is 0 Å². The number of rotatable bonds is 6. The lowest BCUT2D eigenvalue weighted by Crippen LogP contribution is -2.26. The number of hydrogen-bond acceptors (Lipinski definition) is 5. The molecule has 0 spiro atoms. The van der Waals surface area contributed by atoms with Crippen molar-refractivity contribution in [3.8, 4) is 0 Å². The molecule has 0 saturated carbocycles. The van der Waals surface area contributed by atoms with Crippen LogP contribution in [0.1, 0.15) is 25.5 Å². The van der Waals surface area contributed by atoms with Gasteiger partial charge in [-0.1, -0.05) is 0 Å². The summed E-state index contributed by atoms with van der Waals surface area (Å²) in [4.78, 5) is 34.0. The van der Waals surface area contributed by atoms with E-state index < -0.39 is 5.97 Å². The van der Waals surface area contributed by atoms with E-state index in [1.165, 1.54) is 6.07 Å². The van der Waals surface area contributed by atoms with Crippen molar-refractivity contribution in [1.82, 2.24) is 9.78 Å². The van der Waals surface area contributed by atoms with Gasteiger partial charge in [0.1, 0.15) is 6.54 Å². The summed E-state index contributed by atoms with van der Waals surface area (Å²) in [6.45, 7) is 3.63. The number of esters is 1. The first-order valence-electron chi connectivity index (χ1n) is 5.75. The van der Waals surface area contributed by atoms with Crippen LogP contribution in [0.2, 0.25) is 0 Å². The van der Waals surface area contributed by atoms with E-state index in [0.29, 0.717) is 12.3 Å². The number of hydrogen-bond donors (Lipinski definition) is 0. The van der Waals surface area contributed by atoms with Crippen molar-refractivity contribution in [3.63, 3.8) is 0 Å². The highest BCUT2D eigenvalue weighted by atomic mass is 16.5. The Hall–Kier alpha value is -1.98. The molecule has 0 aliphatic carbocycles. The maximum atomic E-state index is 11.6. The molecule has 0 radical (unpaired) electrons. The standard InChI is InChI=1S/C12H16N2O4/c1-3-18-12(17)7-5-10(15)8-14-11(16)6-4-9(2)13-14/h4,6H,3,5,7-8H2,1-2H3. The van der Waals surface area contributed by atoms with Gasteiger partial charge in [-0.05, 0) is 19.9 Å². The molecular weight excluding hydrogens is 236 g/mol. The molecule has 1 aromatic heterocycles. The van der Waals surface area contributed by atoms with Crippen molar-refractivity contribution in [2.24, 2.45) is 0 Å². The lowest BCUT2D eigenvalue weighted by Gasteiger charge is -2.04. The quantitative estimate of drug-likeness (QED) is 0.687. The summed E-state index contributed by atoms with van der Waals surface area (Å²) in [5.41, 5.74) is 0.331. The first kappa shape index (κ1) is 14.1. The zero-order valence-electron chi connectivity index (χ0n) is 10.5. The molecule has 0 aliphatic rings. The van der Waals surface area contributed by atoms with Crippen molar-refractivity contribution in [3.05, 3.63) is 28.2 Å². The zero-order valence-corrected chi connectivity index (χ0v) is 10.5. The van der Waals surface area contributed by atoms with Crippen molar-refractivity contribution in [1.29, 1.82) is 0 Å². The molecule has 1 aromatic rings. The fourth-order valence-electron chi connectivity index (χ4n) is 1.38. The first-order valence-corrected chi connectivity index (χ1v) is 5.75. The summed E-state index contributed by atoms with van der Waals surface area (Å²) in [7, 11) is 0. The number of ether oxygens (including phenoxy) is 1. The van der Waals surface area contributed by atoms with Gasteiger partial charge in [0.2, 0.25) is 0 Å². The maximum Gasteiger partial charge on any atom is 0.306 e. The molecule has 0 aliphatic heterocycles. The number of aryl methyl sites for hydroxylation is 1. The van der Waals surface area contributed by atoms with Crippen LogP contribution in [0.15, 0.2) is 16.9 Å². The Balaban J connectivity index is 2.52. The molecule has 6 nitrogen and oxygen atoms in total. The molecule has 0 atom stereocenters. The summed E-state index contributed by atoms with van der Waals surface area (Å²) in [6, 6.07) is 2.95. The maximum absolute atomic E-state index is 11.6. The van der Waals surface area contributed by atoms with Crippen LogP contribution in [-0.2, 0) is 20.9 Å². The monoisotopic (exact) mass is 252 g/mol. The van der Waals surface area contributed by atoms with E-state index in [1.807, 2.05) is 0 Å². The lowest BCUT2D eigenvalue weighted by atomic mass is 10.2. The van der Waals surface area contributed by atoms with Crippen LogP contribution in [0, 0.1) is 6.92 Å². The van der Waals surface area contributed by atoms with Crippen LogP contribution in [0.5, 0.6) is 0 Å². The van der Waals surface area contributed by atoms with E-state index >= 15 is 0 Å². The van der Waals surface area contributed by atoms with Crippen molar-refractivity contribution >= 4 is 11.8 Å². The fraction of sp³-hybridized carbons (Fsp3) is 0.500. The average Bonchev–Trinajstić information content (AvgIpc) is 2.32.